The van der Waals surface area contributed by atoms with Crippen molar-refractivity contribution >= 4 is 33.1 Å². The first kappa shape index (κ1) is 13.4. The van der Waals surface area contributed by atoms with Gasteiger partial charge in [0.15, 0.2) is 0 Å². The summed E-state index contributed by atoms with van der Waals surface area (Å²) in [5, 5.41) is 7.76. The molecule has 110 valence electrons. The van der Waals surface area contributed by atoms with Crippen LogP contribution in [-0.2, 0) is 10.2 Å². The Morgan fingerprint density at radius 3 is 2.73 bits per heavy atom. The first-order valence-corrected chi connectivity index (χ1v) is 7.64. The van der Waals surface area contributed by atoms with Gasteiger partial charge in [-0.2, -0.15) is 0 Å². The summed E-state index contributed by atoms with van der Waals surface area (Å²) in [6, 6.07) is 11.3. The van der Waals surface area contributed by atoms with Crippen LogP contribution in [-0.4, -0.2) is 26.1 Å². The molecule has 6 nitrogen and oxygen atoms in total. The SMILES string of the molecule is O=C(On1nnc2cccnc21)C1(c2ccc(Br)cc2)CC1. The lowest BCUT2D eigenvalue weighted by molar-refractivity contribution is -0.148. The largest absolute Gasteiger partial charge is 0.345 e. The highest BCUT2D eigenvalue weighted by atomic mass is 79.9. The van der Waals surface area contributed by atoms with E-state index in [0.717, 1.165) is 27.7 Å². The monoisotopic (exact) mass is 358 g/mol. The third kappa shape index (κ3) is 2.09. The molecule has 2 heterocycles. The van der Waals surface area contributed by atoms with Crippen molar-refractivity contribution in [3.05, 3.63) is 52.6 Å². The molecule has 0 bridgehead atoms. The lowest BCUT2D eigenvalue weighted by atomic mass is 9.96. The molecule has 0 spiro atoms. The van der Waals surface area contributed by atoms with Gasteiger partial charge in [0.25, 0.3) is 0 Å². The van der Waals surface area contributed by atoms with Crippen molar-refractivity contribution in [2.75, 3.05) is 0 Å². The van der Waals surface area contributed by atoms with Crippen LogP contribution in [0.5, 0.6) is 0 Å². The number of nitrogens with zero attached hydrogens (tertiary/aromatic N) is 4. The number of fused-ring (bicyclic) bond motifs is 1. The Labute approximate surface area is 134 Å². The number of hydrogen-bond donors (Lipinski definition) is 0. The molecule has 2 aromatic heterocycles. The molecular weight excluding hydrogens is 348 g/mol. The fourth-order valence-corrected chi connectivity index (χ4v) is 2.74. The molecule has 0 aliphatic heterocycles. The average molecular weight is 359 g/mol. The van der Waals surface area contributed by atoms with E-state index in [1.165, 1.54) is 0 Å². The van der Waals surface area contributed by atoms with Crippen LogP contribution in [0.2, 0.25) is 0 Å². The topological polar surface area (TPSA) is 69.9 Å². The van der Waals surface area contributed by atoms with Gasteiger partial charge in [0.2, 0.25) is 5.65 Å². The Kier molecular flexibility index (Phi) is 2.97. The lowest BCUT2D eigenvalue weighted by Crippen LogP contribution is -2.32. The molecule has 1 saturated carbocycles. The molecule has 1 aromatic carbocycles. The Morgan fingerprint density at radius 1 is 1.23 bits per heavy atom. The van der Waals surface area contributed by atoms with E-state index in [9.17, 15) is 4.79 Å². The van der Waals surface area contributed by atoms with E-state index in [0.29, 0.717) is 11.2 Å². The van der Waals surface area contributed by atoms with Crippen LogP contribution in [0.15, 0.2) is 47.1 Å². The lowest BCUT2D eigenvalue weighted by Gasteiger charge is -2.13. The summed E-state index contributed by atoms with van der Waals surface area (Å²) in [6.45, 7) is 0. The van der Waals surface area contributed by atoms with Gasteiger partial charge < -0.3 is 4.84 Å². The van der Waals surface area contributed by atoms with Crippen molar-refractivity contribution in [2.24, 2.45) is 0 Å². The van der Waals surface area contributed by atoms with E-state index in [2.05, 4.69) is 31.2 Å². The van der Waals surface area contributed by atoms with E-state index in [1.54, 1.807) is 18.3 Å². The van der Waals surface area contributed by atoms with Crippen molar-refractivity contribution in [1.29, 1.82) is 0 Å². The number of rotatable bonds is 3. The predicted molar refractivity (Wildman–Crippen MR) is 82.0 cm³/mol. The fraction of sp³-hybridized carbons (Fsp3) is 0.200. The van der Waals surface area contributed by atoms with E-state index < -0.39 is 5.41 Å². The Morgan fingerprint density at radius 2 is 2.00 bits per heavy atom. The number of pyridine rings is 1. The molecule has 0 N–H and O–H groups in total. The van der Waals surface area contributed by atoms with Crippen LogP contribution in [0, 0.1) is 0 Å². The number of carbonyl (C=O) groups excluding carboxylic acids is 1. The number of carbonyl (C=O) groups is 1. The Hall–Kier alpha value is -2.28. The fourth-order valence-electron chi connectivity index (χ4n) is 2.48. The van der Waals surface area contributed by atoms with E-state index in [1.807, 2.05) is 24.3 Å². The maximum absolute atomic E-state index is 12.6. The van der Waals surface area contributed by atoms with Crippen molar-refractivity contribution in [1.82, 2.24) is 20.1 Å². The minimum atomic E-state index is -0.576. The van der Waals surface area contributed by atoms with Crippen molar-refractivity contribution < 1.29 is 9.63 Å². The zero-order chi connectivity index (χ0) is 15.2. The highest BCUT2D eigenvalue weighted by molar-refractivity contribution is 9.10. The Bertz CT molecular complexity index is 855. The third-order valence-corrected chi connectivity index (χ3v) is 4.42. The van der Waals surface area contributed by atoms with Gasteiger partial charge >= 0.3 is 5.97 Å². The van der Waals surface area contributed by atoms with Gasteiger partial charge in [-0.05, 0) is 52.7 Å². The summed E-state index contributed by atoms with van der Waals surface area (Å²) < 4.78 is 0.979. The smallest absolute Gasteiger partial charge is 0.315 e. The van der Waals surface area contributed by atoms with Gasteiger partial charge in [0.1, 0.15) is 5.52 Å². The number of hydrogen-bond acceptors (Lipinski definition) is 5. The van der Waals surface area contributed by atoms with Crippen molar-refractivity contribution in [2.45, 2.75) is 18.3 Å². The van der Waals surface area contributed by atoms with E-state index >= 15 is 0 Å². The van der Waals surface area contributed by atoms with Gasteiger partial charge in [-0.3, -0.25) is 0 Å². The summed E-state index contributed by atoms with van der Waals surface area (Å²) in [5.41, 5.74) is 1.40. The van der Waals surface area contributed by atoms with Crippen LogP contribution >= 0.6 is 15.9 Å². The molecule has 0 unspecified atom stereocenters. The minimum absolute atomic E-state index is 0.327. The molecule has 0 atom stereocenters. The molecule has 0 saturated heterocycles. The summed E-state index contributed by atoms with van der Waals surface area (Å²) in [6.07, 6.45) is 3.15. The average Bonchev–Trinajstić information content (AvgIpc) is 3.26. The highest BCUT2D eigenvalue weighted by Crippen LogP contribution is 2.48. The molecule has 7 heteroatoms. The molecule has 22 heavy (non-hydrogen) atoms. The maximum Gasteiger partial charge on any atom is 0.345 e. The Balaban J connectivity index is 1.63. The third-order valence-electron chi connectivity index (χ3n) is 3.89. The predicted octanol–water partition coefficient (Wildman–Crippen LogP) is 2.28. The van der Waals surface area contributed by atoms with Crippen LogP contribution < -0.4 is 4.84 Å². The normalized spacial score (nSPS) is 15.7. The molecular formula is C15H11BrN4O2. The molecule has 1 aliphatic rings. The zero-order valence-corrected chi connectivity index (χ0v) is 13.0. The zero-order valence-electron chi connectivity index (χ0n) is 11.4. The first-order chi connectivity index (χ1) is 10.7. The molecule has 1 fully saturated rings. The second kappa shape index (κ2) is 4.88. The van der Waals surface area contributed by atoms with Crippen LogP contribution in [0.4, 0.5) is 0 Å². The molecule has 1 aliphatic carbocycles. The van der Waals surface area contributed by atoms with Crippen LogP contribution in [0.25, 0.3) is 11.2 Å². The molecule has 0 radical (unpaired) electrons. The maximum atomic E-state index is 12.6. The standard InChI is InChI=1S/C15H11BrN4O2/c16-11-5-3-10(4-6-11)15(7-8-15)14(21)22-20-13-12(18-19-20)2-1-9-17-13/h1-6,9H,7-8H2. The number of benzene rings is 1. The van der Waals surface area contributed by atoms with Crippen molar-refractivity contribution in [3.63, 3.8) is 0 Å². The van der Waals surface area contributed by atoms with Crippen LogP contribution in [0.1, 0.15) is 18.4 Å². The van der Waals surface area contributed by atoms with Gasteiger partial charge in [-0.25, -0.2) is 9.78 Å². The summed E-state index contributed by atoms with van der Waals surface area (Å²) in [7, 11) is 0. The van der Waals surface area contributed by atoms with Crippen molar-refractivity contribution in [3.8, 4) is 0 Å². The summed E-state index contributed by atoms with van der Waals surface area (Å²) >= 11 is 3.40. The minimum Gasteiger partial charge on any atom is -0.315 e. The quantitative estimate of drug-likeness (QED) is 0.671. The summed E-state index contributed by atoms with van der Waals surface area (Å²) in [5.74, 6) is -0.327. The first-order valence-electron chi connectivity index (χ1n) is 6.84. The molecule has 4 rings (SSSR count). The van der Waals surface area contributed by atoms with Gasteiger partial charge in [0, 0.05) is 10.7 Å². The molecule has 0 amide bonds. The van der Waals surface area contributed by atoms with Gasteiger partial charge in [0.05, 0.1) is 5.41 Å². The van der Waals surface area contributed by atoms with E-state index in [4.69, 9.17) is 4.84 Å². The summed E-state index contributed by atoms with van der Waals surface area (Å²) in [4.78, 5) is 23.2. The van der Waals surface area contributed by atoms with Gasteiger partial charge in [-0.1, -0.05) is 28.1 Å². The number of aromatic nitrogens is 4. The van der Waals surface area contributed by atoms with E-state index in [-0.39, 0.29) is 5.97 Å². The molecule has 3 aromatic rings. The second-order valence-corrected chi connectivity index (χ2v) is 6.19. The second-order valence-electron chi connectivity index (χ2n) is 5.28. The highest BCUT2D eigenvalue weighted by Gasteiger charge is 2.53. The van der Waals surface area contributed by atoms with Crippen LogP contribution in [0.3, 0.4) is 0 Å². The number of halogens is 1. The van der Waals surface area contributed by atoms with Gasteiger partial charge in [-0.15, -0.1) is 5.10 Å².